The minimum absolute atomic E-state index is 0.0560. The van der Waals surface area contributed by atoms with Gasteiger partial charge in [-0.3, -0.25) is 38.4 Å². The SMILES string of the molecule is CC(C)(C)c1ccc(Oc2cc3c4c(cc(Oc5ccc(C(C)(C)C)cc5)c5c6ccc(N7CCCC7)c7cccc(c2c45)c76)C(=O)N(n2c(=O)c4cc5c(=O)n(N6C(=O)c7cccc8cccc(c78)C6=O)c(=O)c5cc4c2=O)C3=O)cc1. The first-order valence-corrected chi connectivity index (χ1v) is 27.6. The van der Waals surface area contributed by atoms with E-state index in [4.69, 9.17) is 9.47 Å². The Hall–Kier alpha value is -10.3. The van der Waals surface area contributed by atoms with Crippen LogP contribution in [0.1, 0.15) is 107 Å². The van der Waals surface area contributed by atoms with Gasteiger partial charge in [-0.2, -0.15) is 19.4 Å². The third-order valence-electron chi connectivity index (χ3n) is 17.1. The molecule has 0 N–H and O–H groups in total. The van der Waals surface area contributed by atoms with Gasteiger partial charge in [0, 0.05) is 51.1 Å². The molecule has 0 spiro atoms. The van der Waals surface area contributed by atoms with Gasteiger partial charge in [-0.1, -0.05) is 114 Å². The zero-order valence-electron chi connectivity index (χ0n) is 45.9. The largest absolute Gasteiger partial charge is 0.457 e. The Balaban J connectivity index is 0.956. The van der Waals surface area contributed by atoms with Crippen LogP contribution in [0.3, 0.4) is 0 Å². The summed E-state index contributed by atoms with van der Waals surface area (Å²) in [4.78, 5) is 121. The fraction of sp³-hybridized carbons (Fsp3) is 0.176. The highest BCUT2D eigenvalue weighted by Gasteiger charge is 2.42. The van der Waals surface area contributed by atoms with Crippen LogP contribution in [0.4, 0.5) is 5.69 Å². The van der Waals surface area contributed by atoms with Crippen molar-refractivity contribution in [2.24, 2.45) is 0 Å². The fourth-order valence-corrected chi connectivity index (χ4v) is 13.0. The van der Waals surface area contributed by atoms with E-state index in [-0.39, 0.29) is 60.7 Å². The predicted molar refractivity (Wildman–Crippen MR) is 322 cm³/mol. The molecule has 0 aliphatic carbocycles. The number of anilines is 1. The molecule has 3 aliphatic heterocycles. The molecule has 83 heavy (non-hydrogen) atoms. The number of imide groups is 2. The summed E-state index contributed by atoms with van der Waals surface area (Å²) >= 11 is 0. The van der Waals surface area contributed by atoms with Gasteiger partial charge >= 0.3 is 0 Å². The van der Waals surface area contributed by atoms with Crippen molar-refractivity contribution in [3.05, 3.63) is 214 Å². The maximum Gasteiger partial charge on any atom is 0.281 e. The molecule has 15 nitrogen and oxygen atoms in total. The number of carbonyl (C=O) groups is 4. The third kappa shape index (κ3) is 6.97. The fourth-order valence-electron chi connectivity index (χ4n) is 13.0. The quantitative estimate of drug-likeness (QED) is 0.0844. The van der Waals surface area contributed by atoms with Crippen molar-refractivity contribution in [2.75, 3.05) is 28.0 Å². The highest BCUT2D eigenvalue weighted by atomic mass is 16.5. The summed E-state index contributed by atoms with van der Waals surface area (Å²) in [5, 5.41) is 5.87. The highest BCUT2D eigenvalue weighted by Crippen LogP contribution is 2.53. The summed E-state index contributed by atoms with van der Waals surface area (Å²) in [7, 11) is 0. The Kier molecular flexibility index (Phi) is 10.3. The van der Waals surface area contributed by atoms with E-state index < -0.39 is 56.6 Å². The van der Waals surface area contributed by atoms with Crippen molar-refractivity contribution in [1.82, 2.24) is 9.35 Å². The second-order valence-corrected chi connectivity index (χ2v) is 24.0. The van der Waals surface area contributed by atoms with Gasteiger partial charge < -0.3 is 14.4 Å². The van der Waals surface area contributed by atoms with Crippen LogP contribution >= 0.6 is 0 Å². The molecule has 0 radical (unpaired) electrons. The molecule has 5 heterocycles. The average molecular weight is 1100 g/mol. The van der Waals surface area contributed by atoms with Gasteiger partial charge in [0.1, 0.15) is 23.0 Å². The van der Waals surface area contributed by atoms with Gasteiger partial charge in [-0.25, -0.2) is 0 Å². The molecule has 15 heteroatoms. The van der Waals surface area contributed by atoms with E-state index in [2.05, 4.69) is 64.6 Å². The Morgan fingerprint density at radius 1 is 0.361 bits per heavy atom. The van der Waals surface area contributed by atoms with Gasteiger partial charge in [0.15, 0.2) is 0 Å². The normalized spacial score (nSPS) is 14.9. The van der Waals surface area contributed by atoms with Crippen molar-refractivity contribution < 1.29 is 28.7 Å². The topological polar surface area (TPSA) is 175 Å². The predicted octanol–water partition coefficient (Wildman–Crippen LogP) is 11.8. The van der Waals surface area contributed by atoms with Crippen molar-refractivity contribution in [1.29, 1.82) is 0 Å². The monoisotopic (exact) mass is 1100 g/mol. The standard InChI is InChI=1S/C68H49N5O10/c1-67(2,3)35-18-22-37(23-19-35)82-51-32-48-55-49(33-52(83-38-24-20-36(21-25-38)68(4,5)6)57-41-26-27-50(69-28-7-8-29-69)39-14-11-15-40(54(39)41)56(51)58(55)57)66(81)73(65(48)80)72-63(78)46-30-44-45(31-47(46)64(72)79)62(77)71(61(44)76)70-59(74)42-16-9-12-34-13-10-17-43(53(34)42)60(70)75/h9-27,30-33H,7-8,28-29H2,1-6H3. The van der Waals surface area contributed by atoms with Gasteiger partial charge in [-0.15, -0.1) is 0 Å². The molecule has 1 fully saturated rings. The number of rotatable bonds is 7. The molecule has 2 aromatic heterocycles. The van der Waals surface area contributed by atoms with E-state index in [1.165, 1.54) is 12.1 Å². The van der Waals surface area contributed by atoms with Crippen LogP contribution in [-0.2, 0) is 10.8 Å². The summed E-state index contributed by atoms with van der Waals surface area (Å²) in [6, 6.07) is 40.6. The number of fused-ring (bicyclic) bond motifs is 4. The highest BCUT2D eigenvalue weighted by molar-refractivity contribution is 6.43. The molecule has 406 valence electrons. The second kappa shape index (κ2) is 17.1. The molecule has 4 amide bonds. The molecular formula is C68H49N5O10. The molecule has 15 rings (SSSR count). The molecule has 1 saturated heterocycles. The lowest BCUT2D eigenvalue weighted by molar-refractivity contribution is 0.0834. The van der Waals surface area contributed by atoms with E-state index in [0.717, 1.165) is 76.4 Å². The molecular weight excluding hydrogens is 1050 g/mol. The van der Waals surface area contributed by atoms with Crippen LogP contribution in [0.15, 0.2) is 159 Å². The molecule has 0 bridgehead atoms. The Labute approximate surface area is 471 Å². The van der Waals surface area contributed by atoms with E-state index >= 15 is 9.59 Å². The number of hydrogen-bond donors (Lipinski definition) is 0. The lowest BCUT2D eigenvalue weighted by atomic mass is 9.83. The molecule has 10 aromatic carbocycles. The maximum absolute atomic E-state index is 15.7. The number of ether oxygens (including phenoxy) is 2. The van der Waals surface area contributed by atoms with Crippen LogP contribution in [0.2, 0.25) is 0 Å². The molecule has 3 aliphatic rings. The zero-order valence-corrected chi connectivity index (χ0v) is 45.9. The maximum atomic E-state index is 15.7. The first-order chi connectivity index (χ1) is 39.8. The first kappa shape index (κ1) is 49.7. The van der Waals surface area contributed by atoms with Crippen molar-refractivity contribution in [2.45, 2.75) is 65.2 Å². The number of amides is 4. The molecule has 0 saturated carbocycles. The van der Waals surface area contributed by atoms with Gasteiger partial charge in [0.2, 0.25) is 0 Å². The first-order valence-electron chi connectivity index (χ1n) is 27.6. The number of hydrogen-bond acceptors (Lipinski definition) is 11. The lowest BCUT2D eigenvalue weighted by Gasteiger charge is -2.30. The summed E-state index contributed by atoms with van der Waals surface area (Å²) < 4.78 is 14.8. The van der Waals surface area contributed by atoms with Crippen LogP contribution in [0.25, 0.3) is 75.4 Å². The van der Waals surface area contributed by atoms with E-state index in [0.29, 0.717) is 57.8 Å². The molecule has 0 unspecified atom stereocenters. The smallest absolute Gasteiger partial charge is 0.281 e. The van der Waals surface area contributed by atoms with Gasteiger partial charge in [0.05, 0.1) is 43.8 Å². The number of benzene rings is 10. The number of carbonyl (C=O) groups excluding carboxylic acids is 4. The summed E-state index contributed by atoms with van der Waals surface area (Å²) in [6.45, 7) is 14.5. The molecule has 0 atom stereocenters. The van der Waals surface area contributed by atoms with E-state index in [1.54, 1.807) is 36.4 Å². The van der Waals surface area contributed by atoms with Crippen LogP contribution in [0.5, 0.6) is 23.0 Å². The zero-order chi connectivity index (χ0) is 57.4. The van der Waals surface area contributed by atoms with Crippen LogP contribution in [-0.4, -0.2) is 46.1 Å². The lowest BCUT2D eigenvalue weighted by Crippen LogP contribution is -2.55. The number of nitrogens with zero attached hydrogens (tertiary/aromatic N) is 5. The Morgan fingerprint density at radius 2 is 0.771 bits per heavy atom. The van der Waals surface area contributed by atoms with E-state index in [1.807, 2.05) is 60.7 Å². The van der Waals surface area contributed by atoms with Gasteiger partial charge in [-0.05, 0) is 123 Å². The third-order valence-corrected chi connectivity index (χ3v) is 17.1. The van der Waals surface area contributed by atoms with E-state index in [9.17, 15) is 28.8 Å². The Morgan fingerprint density at radius 3 is 1.22 bits per heavy atom. The summed E-state index contributed by atoms with van der Waals surface area (Å²) in [5.74, 6) is -2.45. The minimum Gasteiger partial charge on any atom is -0.457 e. The minimum atomic E-state index is -1.15. The van der Waals surface area contributed by atoms with Crippen molar-refractivity contribution >= 4 is 105 Å². The van der Waals surface area contributed by atoms with Crippen molar-refractivity contribution in [3.8, 4) is 23.0 Å². The summed E-state index contributed by atoms with van der Waals surface area (Å²) in [5.41, 5.74) is -1.58. The Bertz CT molecular complexity index is 4920. The second-order valence-electron chi connectivity index (χ2n) is 24.0. The summed E-state index contributed by atoms with van der Waals surface area (Å²) in [6.07, 6.45) is 2.13. The average Bonchev–Trinajstić information content (AvgIpc) is 1.24. The van der Waals surface area contributed by atoms with Crippen LogP contribution in [0, 0.1) is 0 Å². The number of aromatic nitrogens is 2. The van der Waals surface area contributed by atoms with Crippen LogP contribution < -0.4 is 46.6 Å². The van der Waals surface area contributed by atoms with Gasteiger partial charge in [0.25, 0.3) is 45.9 Å². The van der Waals surface area contributed by atoms with Crippen molar-refractivity contribution in [3.63, 3.8) is 0 Å². The molecule has 12 aromatic rings.